The van der Waals surface area contributed by atoms with E-state index in [2.05, 4.69) is 10.3 Å². The van der Waals surface area contributed by atoms with E-state index in [9.17, 15) is 4.79 Å². The molecule has 1 aromatic heterocycles. The van der Waals surface area contributed by atoms with Crippen LogP contribution in [0, 0.1) is 6.92 Å². The number of anilines is 1. The monoisotopic (exact) mass is 294 g/mol. The van der Waals surface area contributed by atoms with Crippen molar-refractivity contribution in [2.45, 2.75) is 6.92 Å². The van der Waals surface area contributed by atoms with Gasteiger partial charge in [-0.25, -0.2) is 4.98 Å². The Labute approximate surface area is 127 Å². The van der Waals surface area contributed by atoms with Crippen LogP contribution in [-0.4, -0.2) is 10.9 Å². The van der Waals surface area contributed by atoms with Crippen LogP contribution in [0.1, 0.15) is 16.2 Å². The molecule has 1 N–H and O–H groups in total. The second-order valence-electron chi connectivity index (χ2n) is 4.65. The fourth-order valence-corrected chi connectivity index (χ4v) is 1.94. The molecule has 0 atom stereocenters. The number of hydrogen-bond acceptors (Lipinski definition) is 4. The highest BCUT2D eigenvalue weighted by Crippen LogP contribution is 2.22. The topological polar surface area (TPSA) is 64.4 Å². The molecule has 0 aliphatic heterocycles. The number of carbonyl (C=O) groups is 1. The van der Waals surface area contributed by atoms with E-state index in [1.165, 1.54) is 6.39 Å². The highest BCUT2D eigenvalue weighted by molar-refractivity contribution is 6.03. The van der Waals surface area contributed by atoms with Crippen LogP contribution >= 0.6 is 0 Å². The molecule has 0 bridgehead atoms. The Morgan fingerprint density at radius 2 is 1.73 bits per heavy atom. The van der Waals surface area contributed by atoms with Gasteiger partial charge in [0.2, 0.25) is 0 Å². The fraction of sp³-hybridized carbons (Fsp3) is 0.0588. The first-order valence-corrected chi connectivity index (χ1v) is 6.77. The first-order valence-electron chi connectivity index (χ1n) is 6.77. The number of aromatic nitrogens is 1. The van der Waals surface area contributed by atoms with Gasteiger partial charge in [0, 0.05) is 5.69 Å². The minimum absolute atomic E-state index is 0.282. The van der Waals surface area contributed by atoms with Gasteiger partial charge in [0.15, 0.2) is 12.1 Å². The Balaban J connectivity index is 1.67. The summed E-state index contributed by atoms with van der Waals surface area (Å²) in [5.41, 5.74) is 0.942. The third-order valence-electron chi connectivity index (χ3n) is 3.05. The highest BCUT2D eigenvalue weighted by atomic mass is 16.5. The van der Waals surface area contributed by atoms with Crippen molar-refractivity contribution in [3.63, 3.8) is 0 Å². The SMILES string of the molecule is Cc1ocnc1C(=O)Nc1ccc(Oc2ccccc2)cc1. The van der Waals surface area contributed by atoms with Crippen molar-refractivity contribution in [1.29, 1.82) is 0 Å². The Kier molecular flexibility index (Phi) is 3.87. The summed E-state index contributed by atoms with van der Waals surface area (Å²) in [5, 5.41) is 2.76. The normalized spacial score (nSPS) is 10.2. The van der Waals surface area contributed by atoms with Gasteiger partial charge < -0.3 is 14.5 Å². The average molecular weight is 294 g/mol. The number of rotatable bonds is 4. The predicted molar refractivity (Wildman–Crippen MR) is 82.2 cm³/mol. The number of carbonyl (C=O) groups excluding carboxylic acids is 1. The molecule has 3 rings (SSSR count). The molecule has 2 aromatic carbocycles. The van der Waals surface area contributed by atoms with Crippen molar-refractivity contribution in [1.82, 2.24) is 4.98 Å². The molecule has 22 heavy (non-hydrogen) atoms. The zero-order valence-electron chi connectivity index (χ0n) is 11.9. The zero-order chi connectivity index (χ0) is 15.4. The molecule has 0 radical (unpaired) electrons. The Bertz CT molecular complexity index is 764. The fourth-order valence-electron chi connectivity index (χ4n) is 1.94. The van der Waals surface area contributed by atoms with Crippen LogP contribution in [0.5, 0.6) is 11.5 Å². The van der Waals surface area contributed by atoms with E-state index in [1.807, 2.05) is 30.3 Å². The molecule has 5 heteroatoms. The maximum Gasteiger partial charge on any atom is 0.277 e. The largest absolute Gasteiger partial charge is 0.457 e. The summed E-state index contributed by atoms with van der Waals surface area (Å²) in [7, 11) is 0. The molecule has 0 saturated heterocycles. The number of benzene rings is 2. The average Bonchev–Trinajstić information content (AvgIpc) is 2.96. The lowest BCUT2D eigenvalue weighted by molar-refractivity contribution is 0.102. The number of ether oxygens (including phenoxy) is 1. The summed E-state index contributed by atoms with van der Waals surface area (Å²) in [5.74, 6) is 1.64. The van der Waals surface area contributed by atoms with Gasteiger partial charge in [-0.1, -0.05) is 18.2 Å². The molecule has 0 aliphatic carbocycles. The third-order valence-corrected chi connectivity index (χ3v) is 3.05. The number of nitrogens with zero attached hydrogens (tertiary/aromatic N) is 1. The zero-order valence-corrected chi connectivity index (χ0v) is 11.9. The van der Waals surface area contributed by atoms with E-state index in [0.717, 1.165) is 5.75 Å². The van der Waals surface area contributed by atoms with Crippen LogP contribution in [0.4, 0.5) is 5.69 Å². The van der Waals surface area contributed by atoms with Crippen LogP contribution in [0.25, 0.3) is 0 Å². The molecule has 110 valence electrons. The molecular formula is C17H14N2O3. The summed E-state index contributed by atoms with van der Waals surface area (Å²) < 4.78 is 10.7. The molecule has 0 aliphatic rings. The third kappa shape index (κ3) is 3.15. The Morgan fingerprint density at radius 1 is 1.05 bits per heavy atom. The predicted octanol–water partition coefficient (Wildman–Crippen LogP) is 4.03. The van der Waals surface area contributed by atoms with Crippen LogP contribution < -0.4 is 10.1 Å². The number of hydrogen-bond donors (Lipinski definition) is 1. The van der Waals surface area contributed by atoms with Gasteiger partial charge in [-0.05, 0) is 43.3 Å². The summed E-state index contributed by atoms with van der Waals surface area (Å²) in [6.07, 6.45) is 1.25. The van der Waals surface area contributed by atoms with Crippen molar-refractivity contribution in [2.75, 3.05) is 5.32 Å². The first kappa shape index (κ1) is 13.9. The molecular weight excluding hydrogens is 280 g/mol. The van der Waals surface area contributed by atoms with Crippen molar-refractivity contribution in [2.24, 2.45) is 0 Å². The molecule has 1 heterocycles. The molecule has 0 saturated carbocycles. The summed E-state index contributed by atoms with van der Waals surface area (Å²) in [6.45, 7) is 1.69. The molecule has 0 unspecified atom stereocenters. The smallest absolute Gasteiger partial charge is 0.277 e. The molecule has 0 spiro atoms. The standard InChI is InChI=1S/C17H14N2O3/c1-12-16(18-11-21-12)17(20)19-13-7-9-15(10-8-13)22-14-5-3-2-4-6-14/h2-11H,1H3,(H,19,20). The van der Waals surface area contributed by atoms with Crippen LogP contribution in [-0.2, 0) is 0 Å². The lowest BCUT2D eigenvalue weighted by Crippen LogP contribution is -2.13. The number of amides is 1. The van der Waals surface area contributed by atoms with Crippen LogP contribution in [0.2, 0.25) is 0 Å². The molecule has 0 fully saturated rings. The lowest BCUT2D eigenvalue weighted by atomic mass is 10.2. The van der Waals surface area contributed by atoms with Crippen molar-refractivity contribution in [3.8, 4) is 11.5 Å². The summed E-state index contributed by atoms with van der Waals surface area (Å²) >= 11 is 0. The van der Waals surface area contributed by atoms with E-state index in [-0.39, 0.29) is 11.6 Å². The van der Waals surface area contributed by atoms with Crippen molar-refractivity contribution < 1.29 is 13.9 Å². The van der Waals surface area contributed by atoms with Gasteiger partial charge in [0.25, 0.3) is 5.91 Å². The minimum Gasteiger partial charge on any atom is -0.457 e. The van der Waals surface area contributed by atoms with Crippen molar-refractivity contribution in [3.05, 3.63) is 72.4 Å². The van der Waals surface area contributed by atoms with Gasteiger partial charge in [0.1, 0.15) is 17.3 Å². The van der Waals surface area contributed by atoms with E-state index < -0.39 is 0 Å². The second-order valence-corrected chi connectivity index (χ2v) is 4.65. The molecule has 1 amide bonds. The van der Waals surface area contributed by atoms with Gasteiger partial charge in [0.05, 0.1) is 0 Å². The van der Waals surface area contributed by atoms with Crippen LogP contribution in [0.3, 0.4) is 0 Å². The summed E-state index contributed by atoms with van der Waals surface area (Å²) in [4.78, 5) is 15.9. The Morgan fingerprint density at radius 3 is 2.36 bits per heavy atom. The first-order chi connectivity index (χ1) is 10.7. The van der Waals surface area contributed by atoms with Gasteiger partial charge in [-0.3, -0.25) is 4.79 Å². The van der Waals surface area contributed by atoms with Gasteiger partial charge >= 0.3 is 0 Å². The van der Waals surface area contributed by atoms with E-state index >= 15 is 0 Å². The minimum atomic E-state index is -0.303. The summed E-state index contributed by atoms with van der Waals surface area (Å²) in [6, 6.07) is 16.6. The lowest BCUT2D eigenvalue weighted by Gasteiger charge is -2.07. The Hall–Kier alpha value is -3.08. The van der Waals surface area contributed by atoms with Gasteiger partial charge in [-0.15, -0.1) is 0 Å². The van der Waals surface area contributed by atoms with E-state index in [1.54, 1.807) is 31.2 Å². The number of aryl methyl sites for hydroxylation is 1. The molecule has 3 aromatic rings. The van der Waals surface area contributed by atoms with Gasteiger partial charge in [-0.2, -0.15) is 0 Å². The number of nitrogens with one attached hydrogen (secondary N) is 1. The molecule has 5 nitrogen and oxygen atoms in total. The van der Waals surface area contributed by atoms with E-state index in [0.29, 0.717) is 17.2 Å². The quantitative estimate of drug-likeness (QED) is 0.789. The van der Waals surface area contributed by atoms with Crippen molar-refractivity contribution >= 4 is 11.6 Å². The van der Waals surface area contributed by atoms with Crippen LogP contribution in [0.15, 0.2) is 65.4 Å². The maximum atomic E-state index is 12.0. The highest BCUT2D eigenvalue weighted by Gasteiger charge is 2.13. The number of para-hydroxylation sites is 1. The second kappa shape index (κ2) is 6.13. The maximum absolute atomic E-state index is 12.0. The van der Waals surface area contributed by atoms with E-state index in [4.69, 9.17) is 9.15 Å². The number of oxazole rings is 1.